The van der Waals surface area contributed by atoms with Gasteiger partial charge < -0.3 is 0 Å². The molecule has 0 aromatic rings. The van der Waals surface area contributed by atoms with Crippen LogP contribution in [-0.2, 0) is 0 Å². The first-order chi connectivity index (χ1) is 10.0. The largest absolute Gasteiger partial charge is 0.103 e. The molecule has 0 bridgehead atoms. The summed E-state index contributed by atoms with van der Waals surface area (Å²) in [6, 6.07) is 0. The Morgan fingerprint density at radius 2 is 1.95 bits per heavy atom. The number of hydrogen-bond acceptors (Lipinski definition) is 0. The lowest BCUT2D eigenvalue weighted by atomic mass is 9.71. The van der Waals surface area contributed by atoms with Crippen molar-refractivity contribution in [2.24, 2.45) is 23.7 Å². The van der Waals surface area contributed by atoms with Crippen LogP contribution in [0.25, 0.3) is 0 Å². The van der Waals surface area contributed by atoms with Crippen molar-refractivity contribution in [3.63, 3.8) is 0 Å². The Labute approximate surface area is 134 Å². The molecule has 0 nitrogen and oxygen atoms in total. The molecule has 1 aliphatic rings. The normalized spacial score (nSPS) is 22.1. The second-order valence-electron chi connectivity index (χ2n) is 6.53. The summed E-state index contributed by atoms with van der Waals surface area (Å²) in [5.41, 5.74) is 3.25. The number of allylic oxidation sites excluding steroid dienone is 5. The minimum absolute atomic E-state index is 0.722. The van der Waals surface area contributed by atoms with Gasteiger partial charge in [0, 0.05) is 0 Å². The van der Waals surface area contributed by atoms with Gasteiger partial charge in [0.05, 0.1) is 0 Å². The molecule has 0 radical (unpaired) electrons. The monoisotopic (exact) mass is 290 g/mol. The van der Waals surface area contributed by atoms with Crippen LogP contribution in [0.3, 0.4) is 0 Å². The van der Waals surface area contributed by atoms with Crippen LogP contribution in [0.5, 0.6) is 0 Å². The molecule has 0 aliphatic heterocycles. The van der Waals surface area contributed by atoms with Crippen LogP contribution in [-0.4, -0.2) is 0 Å². The molecule has 1 aliphatic carbocycles. The molecule has 0 N–H and O–H groups in total. The SMILES string of the molecule is C=CCC(C)CC(C1=C(C)C=CCC1C)C(C)CC.CC. The van der Waals surface area contributed by atoms with Crippen LogP contribution < -0.4 is 0 Å². The zero-order valence-corrected chi connectivity index (χ0v) is 15.6. The number of rotatable bonds is 7. The molecule has 0 saturated heterocycles. The lowest BCUT2D eigenvalue weighted by Crippen LogP contribution is -2.23. The summed E-state index contributed by atoms with van der Waals surface area (Å²) < 4.78 is 0. The Hall–Kier alpha value is -0.780. The van der Waals surface area contributed by atoms with Crippen molar-refractivity contribution in [2.45, 2.75) is 74.1 Å². The molecule has 0 saturated carbocycles. The molecule has 0 amide bonds. The molecule has 0 aromatic carbocycles. The van der Waals surface area contributed by atoms with Gasteiger partial charge >= 0.3 is 0 Å². The van der Waals surface area contributed by atoms with Gasteiger partial charge in [-0.05, 0) is 49.9 Å². The third kappa shape index (κ3) is 6.24. The molecule has 0 spiro atoms. The summed E-state index contributed by atoms with van der Waals surface area (Å²) in [4.78, 5) is 0. The third-order valence-electron chi connectivity index (χ3n) is 4.80. The zero-order valence-electron chi connectivity index (χ0n) is 15.6. The average molecular weight is 291 g/mol. The fourth-order valence-corrected chi connectivity index (χ4v) is 3.48. The van der Waals surface area contributed by atoms with Crippen LogP contribution in [0.1, 0.15) is 74.1 Å². The van der Waals surface area contributed by atoms with Crippen molar-refractivity contribution in [2.75, 3.05) is 0 Å². The van der Waals surface area contributed by atoms with Crippen molar-refractivity contribution in [1.29, 1.82) is 0 Å². The van der Waals surface area contributed by atoms with Gasteiger partial charge in [0.2, 0.25) is 0 Å². The zero-order chi connectivity index (χ0) is 16.4. The van der Waals surface area contributed by atoms with Gasteiger partial charge in [-0.25, -0.2) is 0 Å². The highest BCUT2D eigenvalue weighted by Gasteiger charge is 2.27. The summed E-state index contributed by atoms with van der Waals surface area (Å²) in [6.45, 7) is 19.7. The Morgan fingerprint density at radius 1 is 1.33 bits per heavy atom. The smallest absolute Gasteiger partial charge is 0.0166 e. The fraction of sp³-hybridized carbons (Fsp3) is 0.714. The molecule has 0 heteroatoms. The quantitative estimate of drug-likeness (QED) is 0.435. The summed E-state index contributed by atoms with van der Waals surface area (Å²) in [5, 5.41) is 0. The second kappa shape index (κ2) is 10.9. The molecule has 1 rings (SSSR count). The second-order valence-corrected chi connectivity index (χ2v) is 6.53. The lowest BCUT2D eigenvalue weighted by molar-refractivity contribution is 0.303. The van der Waals surface area contributed by atoms with Crippen molar-refractivity contribution in [1.82, 2.24) is 0 Å². The molecule has 0 fully saturated rings. The molecule has 21 heavy (non-hydrogen) atoms. The van der Waals surface area contributed by atoms with Crippen LogP contribution >= 0.6 is 0 Å². The van der Waals surface area contributed by atoms with Gasteiger partial charge in [-0.15, -0.1) is 6.58 Å². The molecular weight excluding hydrogens is 252 g/mol. The van der Waals surface area contributed by atoms with E-state index in [4.69, 9.17) is 0 Å². The molecular formula is C21H38. The number of hydrogen-bond donors (Lipinski definition) is 0. The van der Waals surface area contributed by atoms with Gasteiger partial charge in [-0.3, -0.25) is 0 Å². The summed E-state index contributed by atoms with van der Waals surface area (Å²) in [5.74, 6) is 3.00. The molecule has 4 unspecified atom stereocenters. The van der Waals surface area contributed by atoms with Crippen LogP contribution in [0.2, 0.25) is 0 Å². The average Bonchev–Trinajstić information content (AvgIpc) is 2.47. The van der Waals surface area contributed by atoms with E-state index in [-0.39, 0.29) is 0 Å². The van der Waals surface area contributed by atoms with Gasteiger partial charge in [-0.2, -0.15) is 0 Å². The van der Waals surface area contributed by atoms with E-state index in [9.17, 15) is 0 Å². The van der Waals surface area contributed by atoms with Gasteiger partial charge in [0.1, 0.15) is 0 Å². The third-order valence-corrected chi connectivity index (χ3v) is 4.80. The Kier molecular flexibility index (Phi) is 10.5. The highest BCUT2D eigenvalue weighted by molar-refractivity contribution is 5.31. The lowest BCUT2D eigenvalue weighted by Gasteiger charge is -2.34. The van der Waals surface area contributed by atoms with Crippen LogP contribution in [0, 0.1) is 23.7 Å². The van der Waals surface area contributed by atoms with E-state index in [0.29, 0.717) is 0 Å². The van der Waals surface area contributed by atoms with Crippen LogP contribution in [0.4, 0.5) is 0 Å². The van der Waals surface area contributed by atoms with E-state index < -0.39 is 0 Å². The first-order valence-corrected chi connectivity index (χ1v) is 8.99. The molecule has 0 aromatic heterocycles. The van der Waals surface area contributed by atoms with Crippen molar-refractivity contribution in [3.8, 4) is 0 Å². The Bertz CT molecular complexity index is 345. The summed E-state index contributed by atoms with van der Waals surface area (Å²) >= 11 is 0. The van der Waals surface area contributed by atoms with Crippen molar-refractivity contribution in [3.05, 3.63) is 36.0 Å². The summed E-state index contributed by atoms with van der Waals surface area (Å²) in [7, 11) is 0. The molecule has 0 heterocycles. The maximum atomic E-state index is 3.89. The van der Waals surface area contributed by atoms with Crippen molar-refractivity contribution < 1.29 is 0 Å². The summed E-state index contributed by atoms with van der Waals surface area (Å²) in [6.07, 6.45) is 11.7. The minimum atomic E-state index is 0.722. The predicted molar refractivity (Wildman–Crippen MR) is 98.5 cm³/mol. The van der Waals surface area contributed by atoms with E-state index in [1.54, 1.807) is 5.57 Å². The Morgan fingerprint density at radius 3 is 2.43 bits per heavy atom. The minimum Gasteiger partial charge on any atom is -0.103 e. The van der Waals surface area contributed by atoms with E-state index >= 15 is 0 Å². The maximum Gasteiger partial charge on any atom is -0.0166 e. The van der Waals surface area contributed by atoms with Crippen molar-refractivity contribution >= 4 is 0 Å². The van der Waals surface area contributed by atoms with E-state index in [1.807, 2.05) is 13.8 Å². The topological polar surface area (TPSA) is 0 Å². The van der Waals surface area contributed by atoms with E-state index in [2.05, 4.69) is 59.4 Å². The first-order valence-electron chi connectivity index (χ1n) is 8.99. The highest BCUT2D eigenvalue weighted by atomic mass is 14.3. The van der Waals surface area contributed by atoms with Gasteiger partial charge in [0.25, 0.3) is 0 Å². The standard InChI is InChI=1S/C19H32.C2H6/c1-7-10-14(3)13-18(15(4)8-2)19-16(5)11-9-12-17(19)6;1-2/h7,9,11,14-15,17-18H,1,8,10,12-13H2,2-6H3;1-2H3. The molecule has 4 atom stereocenters. The fourth-order valence-electron chi connectivity index (χ4n) is 3.48. The highest BCUT2D eigenvalue weighted by Crippen LogP contribution is 2.39. The van der Waals surface area contributed by atoms with Gasteiger partial charge in [0.15, 0.2) is 0 Å². The van der Waals surface area contributed by atoms with Crippen LogP contribution in [0.15, 0.2) is 36.0 Å². The van der Waals surface area contributed by atoms with Gasteiger partial charge in [-0.1, -0.05) is 77.3 Å². The predicted octanol–water partition coefficient (Wildman–Crippen LogP) is 7.19. The van der Waals surface area contributed by atoms with E-state index in [1.165, 1.54) is 24.8 Å². The van der Waals surface area contributed by atoms with E-state index in [0.717, 1.165) is 30.1 Å². The maximum absolute atomic E-state index is 3.89. The molecule has 122 valence electrons. The Balaban J connectivity index is 0.00000191. The first kappa shape index (κ1) is 20.2.